The molecular formula is C14H25N3O. The number of hydrogen-bond donors (Lipinski definition) is 2. The van der Waals surface area contributed by atoms with Crippen LogP contribution in [0.1, 0.15) is 39.3 Å². The summed E-state index contributed by atoms with van der Waals surface area (Å²) in [7, 11) is 1.97. The van der Waals surface area contributed by atoms with Crippen molar-refractivity contribution in [3.05, 3.63) is 24.0 Å². The Balaban J connectivity index is 2.32. The quantitative estimate of drug-likeness (QED) is 0.838. The van der Waals surface area contributed by atoms with Crippen LogP contribution in [0.25, 0.3) is 0 Å². The Morgan fingerprint density at radius 2 is 2.17 bits per heavy atom. The highest BCUT2D eigenvalue weighted by Gasteiger charge is 2.18. The van der Waals surface area contributed by atoms with Gasteiger partial charge < -0.3 is 15.6 Å². The maximum absolute atomic E-state index is 11.7. The minimum absolute atomic E-state index is 0.0213. The summed E-state index contributed by atoms with van der Waals surface area (Å²) in [6, 6.07) is 3.89. The Bertz CT molecular complexity index is 390. The lowest BCUT2D eigenvalue weighted by molar-refractivity contribution is -0.121. The number of nitrogens with zero attached hydrogens (tertiary/aromatic N) is 1. The Morgan fingerprint density at radius 3 is 2.67 bits per heavy atom. The minimum atomic E-state index is -0.0709. The number of aryl methyl sites for hydroxylation is 1. The molecule has 0 fully saturated rings. The summed E-state index contributed by atoms with van der Waals surface area (Å²) in [5.41, 5.74) is 7.23. The number of nitrogens with one attached hydrogen (secondary N) is 1. The number of carbonyl (C=O) groups is 1. The van der Waals surface area contributed by atoms with Gasteiger partial charge in [-0.1, -0.05) is 20.8 Å². The minimum Gasteiger partial charge on any atom is -0.353 e. The van der Waals surface area contributed by atoms with Gasteiger partial charge in [-0.15, -0.1) is 0 Å². The predicted molar refractivity (Wildman–Crippen MR) is 73.9 cm³/mol. The molecule has 1 heterocycles. The summed E-state index contributed by atoms with van der Waals surface area (Å²) < 4.78 is 2.00. The number of amides is 1. The molecule has 0 aliphatic rings. The van der Waals surface area contributed by atoms with Gasteiger partial charge in [0.2, 0.25) is 5.91 Å². The lowest BCUT2D eigenvalue weighted by Crippen LogP contribution is -2.34. The van der Waals surface area contributed by atoms with Crippen molar-refractivity contribution in [3.8, 4) is 0 Å². The Kier molecular flexibility index (Phi) is 4.96. The van der Waals surface area contributed by atoms with Gasteiger partial charge >= 0.3 is 0 Å². The normalized spacial score (nSPS) is 13.4. The average molecular weight is 251 g/mol. The van der Waals surface area contributed by atoms with E-state index >= 15 is 0 Å². The predicted octanol–water partition coefficient (Wildman–Crippen LogP) is 1.79. The van der Waals surface area contributed by atoms with Crippen LogP contribution in [0, 0.1) is 5.41 Å². The third-order valence-electron chi connectivity index (χ3n) is 2.84. The first kappa shape index (κ1) is 14.8. The summed E-state index contributed by atoms with van der Waals surface area (Å²) in [6.45, 7) is 6.96. The van der Waals surface area contributed by atoms with Crippen molar-refractivity contribution < 1.29 is 4.79 Å². The molecule has 0 aliphatic carbocycles. The van der Waals surface area contributed by atoms with Gasteiger partial charge in [-0.3, -0.25) is 4.79 Å². The van der Waals surface area contributed by atoms with Gasteiger partial charge in [0.25, 0.3) is 0 Å². The van der Waals surface area contributed by atoms with E-state index in [4.69, 9.17) is 5.73 Å². The van der Waals surface area contributed by atoms with E-state index in [9.17, 15) is 4.79 Å². The summed E-state index contributed by atoms with van der Waals surface area (Å²) in [5, 5.41) is 2.90. The summed E-state index contributed by atoms with van der Waals surface area (Å²) in [4.78, 5) is 11.7. The van der Waals surface area contributed by atoms with Gasteiger partial charge in [0.1, 0.15) is 0 Å². The van der Waals surface area contributed by atoms with Crippen LogP contribution in [0.4, 0.5) is 0 Å². The number of aromatic nitrogens is 1. The van der Waals surface area contributed by atoms with E-state index in [-0.39, 0.29) is 17.4 Å². The highest BCUT2D eigenvalue weighted by molar-refractivity contribution is 5.76. The van der Waals surface area contributed by atoms with Crippen LogP contribution in [-0.2, 0) is 18.4 Å². The first-order valence-electron chi connectivity index (χ1n) is 6.40. The van der Waals surface area contributed by atoms with Crippen LogP contribution in [0.15, 0.2) is 18.3 Å². The van der Waals surface area contributed by atoms with E-state index < -0.39 is 0 Å². The van der Waals surface area contributed by atoms with Gasteiger partial charge in [0.05, 0.1) is 6.54 Å². The van der Waals surface area contributed by atoms with Crippen molar-refractivity contribution in [1.82, 2.24) is 9.88 Å². The monoisotopic (exact) mass is 251 g/mol. The largest absolute Gasteiger partial charge is 0.353 e. The highest BCUT2D eigenvalue weighted by Crippen LogP contribution is 2.20. The molecule has 1 aromatic heterocycles. The van der Waals surface area contributed by atoms with Crippen molar-refractivity contribution in [3.63, 3.8) is 0 Å². The molecule has 0 radical (unpaired) electrons. The van der Waals surface area contributed by atoms with E-state index in [1.165, 1.54) is 0 Å². The Hall–Kier alpha value is -1.29. The molecule has 0 bridgehead atoms. The molecule has 4 heteroatoms. The second kappa shape index (κ2) is 6.05. The van der Waals surface area contributed by atoms with Crippen LogP contribution in [0.2, 0.25) is 0 Å². The van der Waals surface area contributed by atoms with Gasteiger partial charge in [-0.05, 0) is 24.0 Å². The molecule has 0 aromatic carbocycles. The fourth-order valence-electron chi connectivity index (χ4n) is 2.04. The number of nitrogens with two attached hydrogens (primary N) is 1. The smallest absolute Gasteiger partial charge is 0.221 e. The van der Waals surface area contributed by atoms with Crippen LogP contribution in [0.5, 0.6) is 0 Å². The average Bonchev–Trinajstić information content (AvgIpc) is 2.57. The molecule has 0 spiro atoms. The van der Waals surface area contributed by atoms with Crippen LogP contribution >= 0.6 is 0 Å². The first-order chi connectivity index (χ1) is 8.28. The van der Waals surface area contributed by atoms with Crippen LogP contribution < -0.4 is 11.1 Å². The molecular weight excluding hydrogens is 226 g/mol. The second-order valence-electron chi connectivity index (χ2n) is 6.12. The molecule has 1 rings (SSSR count). The molecule has 18 heavy (non-hydrogen) atoms. The lowest BCUT2D eigenvalue weighted by Gasteiger charge is -2.22. The summed E-state index contributed by atoms with van der Waals surface area (Å²) in [5.74, 6) is 0.0213. The van der Waals surface area contributed by atoms with E-state index in [2.05, 4.69) is 26.1 Å². The summed E-state index contributed by atoms with van der Waals surface area (Å²) >= 11 is 0. The zero-order chi connectivity index (χ0) is 13.8. The van der Waals surface area contributed by atoms with Crippen molar-refractivity contribution in [2.24, 2.45) is 18.2 Å². The zero-order valence-corrected chi connectivity index (χ0v) is 11.9. The lowest BCUT2D eigenvalue weighted by atomic mass is 9.87. The van der Waals surface area contributed by atoms with Gasteiger partial charge in [0, 0.05) is 31.4 Å². The summed E-state index contributed by atoms with van der Waals surface area (Å²) in [6.07, 6.45) is 3.21. The Morgan fingerprint density at radius 1 is 1.50 bits per heavy atom. The number of carbonyl (C=O) groups excluding carboxylic acids is 1. The standard InChI is InChI=1S/C14H25N3O/c1-14(2,3)9-11(15)8-13(18)16-10-12-6-5-7-17(12)4/h5-7,11H,8-10,15H2,1-4H3,(H,16,18). The van der Waals surface area contributed by atoms with Crippen molar-refractivity contribution in [2.75, 3.05) is 0 Å². The molecule has 0 aliphatic heterocycles. The first-order valence-corrected chi connectivity index (χ1v) is 6.40. The fraction of sp³-hybridized carbons (Fsp3) is 0.643. The third-order valence-corrected chi connectivity index (χ3v) is 2.84. The molecule has 1 amide bonds. The maximum Gasteiger partial charge on any atom is 0.221 e. The molecule has 0 saturated heterocycles. The maximum atomic E-state index is 11.7. The molecule has 0 saturated carbocycles. The molecule has 1 unspecified atom stereocenters. The molecule has 3 N–H and O–H groups in total. The zero-order valence-electron chi connectivity index (χ0n) is 11.9. The number of hydrogen-bond acceptors (Lipinski definition) is 2. The van der Waals surface area contributed by atoms with Crippen LogP contribution in [0.3, 0.4) is 0 Å². The Labute approximate surface area is 110 Å². The van der Waals surface area contributed by atoms with Crippen molar-refractivity contribution >= 4 is 5.91 Å². The van der Waals surface area contributed by atoms with E-state index in [1.54, 1.807) is 0 Å². The highest BCUT2D eigenvalue weighted by atomic mass is 16.1. The SMILES string of the molecule is Cn1cccc1CNC(=O)CC(N)CC(C)(C)C. The second-order valence-corrected chi connectivity index (χ2v) is 6.12. The van der Waals surface area contributed by atoms with Gasteiger partial charge in [0.15, 0.2) is 0 Å². The fourth-order valence-corrected chi connectivity index (χ4v) is 2.04. The van der Waals surface area contributed by atoms with Crippen molar-refractivity contribution in [2.45, 2.75) is 46.2 Å². The molecule has 1 aromatic rings. The van der Waals surface area contributed by atoms with Crippen molar-refractivity contribution in [1.29, 1.82) is 0 Å². The van der Waals surface area contributed by atoms with Crippen LogP contribution in [-0.4, -0.2) is 16.5 Å². The molecule has 4 nitrogen and oxygen atoms in total. The topological polar surface area (TPSA) is 60.0 Å². The van der Waals surface area contributed by atoms with Gasteiger partial charge in [-0.25, -0.2) is 0 Å². The van der Waals surface area contributed by atoms with Gasteiger partial charge in [-0.2, -0.15) is 0 Å². The third kappa shape index (κ3) is 5.36. The van der Waals surface area contributed by atoms with E-state index in [1.807, 2.05) is 29.9 Å². The van der Waals surface area contributed by atoms with E-state index in [0.717, 1.165) is 12.1 Å². The van der Waals surface area contributed by atoms with E-state index in [0.29, 0.717) is 13.0 Å². The molecule has 1 atom stereocenters. The number of rotatable bonds is 5. The molecule has 102 valence electrons.